The normalized spacial score (nSPS) is 9.92. The first-order valence-corrected chi connectivity index (χ1v) is 12.4. The molecule has 0 amide bonds. The molecule has 0 fully saturated rings. The summed E-state index contributed by atoms with van der Waals surface area (Å²) in [6, 6.07) is 0. The monoisotopic (exact) mass is 512 g/mol. The second-order valence-corrected chi connectivity index (χ2v) is 9.13. The van der Waals surface area contributed by atoms with Crippen LogP contribution in [0, 0.1) is 0 Å². The van der Waals surface area contributed by atoms with Crippen LogP contribution in [-0.2, 0) is 39.7 Å². The van der Waals surface area contributed by atoms with Crippen molar-refractivity contribution in [2.45, 2.75) is 0 Å². The summed E-state index contributed by atoms with van der Waals surface area (Å²) < 4.78 is 66.0. The Bertz CT molecular complexity index is 487. The van der Waals surface area contributed by atoms with Crippen molar-refractivity contribution in [1.82, 2.24) is 0 Å². The molecule has 26 heteroatoms. The van der Waals surface area contributed by atoms with Gasteiger partial charge in [-0.1, -0.05) is 0 Å². The molecule has 0 aliphatic carbocycles. The van der Waals surface area contributed by atoms with Gasteiger partial charge in [-0.3, -0.25) is 0 Å². The average molecular weight is 512 g/mol. The predicted octanol–water partition coefficient (Wildman–Crippen LogP) is -7.95. The molecule has 0 atom stereocenters. The maximum atomic E-state index is 9.54. The van der Waals surface area contributed by atoms with Crippen molar-refractivity contribution < 1.29 is 83.5 Å². The van der Waals surface area contributed by atoms with Gasteiger partial charge in [0.05, 0.1) is 8.41 Å². The van der Waals surface area contributed by atoms with Crippen molar-refractivity contribution in [2.24, 2.45) is 0 Å². The van der Waals surface area contributed by atoms with Gasteiger partial charge in [-0.25, -0.2) is 13.7 Å². The third-order valence-corrected chi connectivity index (χ3v) is 5.22. The van der Waals surface area contributed by atoms with Crippen LogP contribution in [0.5, 0.6) is 0 Å². The zero-order valence-corrected chi connectivity index (χ0v) is 17.8. The topological polar surface area (TPSA) is 321 Å². The third kappa shape index (κ3) is 56.5. The molecule has 0 aromatic rings. The molecule has 0 spiro atoms. The van der Waals surface area contributed by atoms with Crippen molar-refractivity contribution >= 4 is 76.8 Å². The first kappa shape index (κ1) is 36.8. The summed E-state index contributed by atoms with van der Waals surface area (Å²) in [5.74, 6) is 0. The minimum Gasteiger partial charge on any atom is -0.499 e. The second kappa shape index (κ2) is 15.9. The molecule has 0 saturated carbocycles. The molecule has 0 saturated heterocycles. The maximum Gasteiger partial charge on any atom is 3.00 e. The molecule has 0 aliphatic rings. The van der Waals surface area contributed by atoms with E-state index in [0.717, 1.165) is 0 Å². The summed E-state index contributed by atoms with van der Waals surface area (Å²) in [6.07, 6.45) is 0. The van der Waals surface area contributed by atoms with E-state index >= 15 is 0 Å². The molecule has 0 heterocycles. The Morgan fingerprint density at radius 1 is 0.577 bits per heavy atom. The molecule has 0 unspecified atom stereocenters. The Kier molecular flexibility index (Phi) is 22.5. The van der Waals surface area contributed by atoms with Crippen LogP contribution >= 0.6 is 23.5 Å². The largest absolute Gasteiger partial charge is 3.00 e. The molecule has 0 aromatic heterocycles. The molecule has 0 aromatic carbocycles. The zero-order chi connectivity index (χ0) is 20.4. The number of rotatable bonds is 6. The summed E-state index contributed by atoms with van der Waals surface area (Å²) in [5.41, 5.74) is 0. The van der Waals surface area contributed by atoms with Gasteiger partial charge in [-0.05, 0) is 0 Å². The van der Waals surface area contributed by atoms with E-state index in [0.29, 0.717) is 0 Å². The fraction of sp³-hybridized carbons (Fsp3) is 0. The Morgan fingerprint density at radius 2 is 0.692 bits per heavy atom. The Hall–Kier alpha value is -0.102. The fourth-order valence-corrected chi connectivity index (χ4v) is 2.62. The minimum atomic E-state index is -4.80. The third-order valence-electron chi connectivity index (χ3n) is 0.580. The molecule has 0 radical (unpaired) electrons. The smallest absolute Gasteiger partial charge is 0.499 e. The van der Waals surface area contributed by atoms with E-state index in [4.69, 9.17) is 29.4 Å². The molecule has 0 bridgehead atoms. The van der Waals surface area contributed by atoms with Gasteiger partial charge >= 0.3 is 68.3 Å². The van der Waals surface area contributed by atoms with E-state index in [1.165, 1.54) is 0 Å². The minimum absolute atomic E-state index is 0. The van der Waals surface area contributed by atoms with Crippen LogP contribution in [0.4, 0.5) is 0 Å². The standard InChI is InChI=1S/Al.BH3.3H2O6PSi/c;;3*1-7(2,3)6-8(4)5/h;1H3;3*(H2,1,2,3)/q+3;;3*-1. The molecule has 6 N–H and O–H groups in total. The van der Waals surface area contributed by atoms with Crippen LogP contribution in [0.1, 0.15) is 0 Å². The van der Waals surface area contributed by atoms with Crippen LogP contribution in [0.3, 0.4) is 0 Å². The van der Waals surface area contributed by atoms with Gasteiger partial charge in [0.2, 0.25) is 0 Å². The maximum absolute atomic E-state index is 9.54. The van der Waals surface area contributed by atoms with Gasteiger partial charge in [0.1, 0.15) is 0 Å². The van der Waals surface area contributed by atoms with Gasteiger partial charge < -0.3 is 69.8 Å². The van der Waals surface area contributed by atoms with E-state index in [1.807, 2.05) is 0 Å². The van der Waals surface area contributed by atoms with Crippen LogP contribution in [-0.4, -0.2) is 82.6 Å². The number of hydrogen-bond acceptors (Lipinski definition) is 12. The number of hydrogen-bond donors (Lipinski definition) is 6. The van der Waals surface area contributed by atoms with Crippen molar-refractivity contribution in [3.8, 4) is 0 Å². The summed E-state index contributed by atoms with van der Waals surface area (Å²) in [5, 5.41) is 0. The van der Waals surface area contributed by atoms with Gasteiger partial charge in [0.15, 0.2) is 0 Å². The van der Waals surface area contributed by atoms with E-state index in [9.17, 15) is 41.5 Å². The van der Waals surface area contributed by atoms with E-state index in [-0.39, 0.29) is 25.8 Å². The van der Waals surface area contributed by atoms with Crippen molar-refractivity contribution in [2.75, 3.05) is 0 Å². The summed E-state index contributed by atoms with van der Waals surface area (Å²) in [6.45, 7) is 0. The fourth-order valence-electron chi connectivity index (χ4n) is 0.291. The first-order chi connectivity index (χ1) is 10.2. The molecule has 26 heavy (non-hydrogen) atoms. The average Bonchev–Trinajstić information content (AvgIpc) is 2.04. The Morgan fingerprint density at radius 3 is 0.692 bits per heavy atom. The van der Waals surface area contributed by atoms with E-state index in [2.05, 4.69) is 12.6 Å². The molecular formula is H9AlBO18P3Si3. The molecule has 0 rings (SSSR count). The molecule has 18 nitrogen and oxygen atoms in total. The van der Waals surface area contributed by atoms with Crippen LogP contribution in [0.2, 0.25) is 0 Å². The SMILES string of the molecule is B.O=[Si]([O-])OP(=O)(O)O.O=[Si]([O-])OP(=O)(O)O.O=[Si]([O-])OP(=O)(O)O.[Al+3]. The molecule has 0 aliphatic heterocycles. The van der Waals surface area contributed by atoms with Crippen LogP contribution in [0.25, 0.3) is 0 Å². The van der Waals surface area contributed by atoms with Gasteiger partial charge in [0.25, 0.3) is 0 Å². The Balaban J connectivity index is -0.0000000817. The second-order valence-electron chi connectivity index (χ2n) is 2.50. The van der Waals surface area contributed by atoms with Crippen molar-refractivity contribution in [1.29, 1.82) is 0 Å². The van der Waals surface area contributed by atoms with Crippen LogP contribution in [0.15, 0.2) is 0 Å². The van der Waals surface area contributed by atoms with E-state index < -0.39 is 51.0 Å². The van der Waals surface area contributed by atoms with Crippen LogP contribution < -0.4 is 14.4 Å². The summed E-state index contributed by atoms with van der Waals surface area (Å²) in [7, 11) is -25.7. The van der Waals surface area contributed by atoms with E-state index in [1.54, 1.807) is 0 Å². The van der Waals surface area contributed by atoms with Gasteiger partial charge in [0, 0.05) is 0 Å². The van der Waals surface area contributed by atoms with Gasteiger partial charge in [-0.15, -0.1) is 0 Å². The summed E-state index contributed by atoms with van der Waals surface area (Å²) >= 11 is 0. The predicted molar refractivity (Wildman–Crippen MR) is 74.4 cm³/mol. The zero-order valence-electron chi connectivity index (χ0n) is 11.0. The Labute approximate surface area is 160 Å². The van der Waals surface area contributed by atoms with Crippen molar-refractivity contribution in [3.05, 3.63) is 0 Å². The van der Waals surface area contributed by atoms with Gasteiger partial charge in [-0.2, -0.15) is 0 Å². The molecule has 150 valence electrons. The first-order valence-electron chi connectivity index (χ1n) is 4.13. The van der Waals surface area contributed by atoms with Crippen molar-refractivity contribution in [3.63, 3.8) is 0 Å². The number of phosphoric acid groups is 3. The molecular weight excluding hydrogens is 503 g/mol. The quantitative estimate of drug-likeness (QED) is 0.142. The summed E-state index contributed by atoms with van der Waals surface area (Å²) in [4.78, 5) is 74.3.